The molecular formula is C9H17N3O2. The summed E-state index contributed by atoms with van der Waals surface area (Å²) in [7, 11) is 5.64. The van der Waals surface area contributed by atoms with Gasteiger partial charge in [-0.2, -0.15) is 0 Å². The van der Waals surface area contributed by atoms with E-state index in [1.165, 1.54) is 0 Å². The van der Waals surface area contributed by atoms with E-state index in [-0.39, 0.29) is 12.6 Å². The quantitative estimate of drug-likeness (QED) is 0.674. The molecule has 0 aliphatic carbocycles. The van der Waals surface area contributed by atoms with Crippen LogP contribution in [0.1, 0.15) is 13.3 Å². The van der Waals surface area contributed by atoms with Gasteiger partial charge in [0, 0.05) is 21.1 Å². The van der Waals surface area contributed by atoms with Gasteiger partial charge in [-0.1, -0.05) is 0 Å². The predicted molar refractivity (Wildman–Crippen MR) is 53.3 cm³/mol. The van der Waals surface area contributed by atoms with Crippen LogP contribution >= 0.6 is 0 Å². The van der Waals surface area contributed by atoms with E-state index in [1.54, 1.807) is 0 Å². The van der Waals surface area contributed by atoms with Crippen molar-refractivity contribution < 1.29 is 9.90 Å². The lowest BCUT2D eigenvalue weighted by Gasteiger charge is -2.28. The van der Waals surface area contributed by atoms with Crippen LogP contribution in [0.5, 0.6) is 0 Å². The fourth-order valence-electron chi connectivity index (χ4n) is 1.84. The van der Waals surface area contributed by atoms with Crippen LogP contribution in [0, 0.1) is 0 Å². The van der Waals surface area contributed by atoms with Crippen molar-refractivity contribution in [2.75, 3.05) is 21.1 Å². The van der Waals surface area contributed by atoms with E-state index < -0.39 is 5.97 Å². The second-order valence-electron chi connectivity index (χ2n) is 3.48. The Morgan fingerprint density at radius 2 is 2.07 bits per heavy atom. The molecule has 1 rings (SSSR count). The van der Waals surface area contributed by atoms with Gasteiger partial charge in [0.15, 0.2) is 0 Å². The van der Waals surface area contributed by atoms with Crippen LogP contribution in [-0.2, 0) is 4.79 Å². The summed E-state index contributed by atoms with van der Waals surface area (Å²) in [6.07, 6.45) is 0.0325. The number of hydrogen-bond acceptors (Lipinski definition) is 4. The Hall–Kier alpha value is -1.39. The van der Waals surface area contributed by atoms with E-state index in [2.05, 4.69) is 5.32 Å². The highest BCUT2D eigenvalue weighted by Crippen LogP contribution is 2.25. The zero-order chi connectivity index (χ0) is 10.9. The molecule has 0 aromatic heterocycles. The largest absolute Gasteiger partial charge is 0.481 e. The fraction of sp³-hybridized carbons (Fsp3) is 0.667. The van der Waals surface area contributed by atoms with E-state index in [0.717, 1.165) is 11.5 Å². The number of nitrogens with zero attached hydrogens (tertiary/aromatic N) is 2. The number of hydrogen-bond donors (Lipinski definition) is 2. The van der Waals surface area contributed by atoms with Gasteiger partial charge in [-0.15, -0.1) is 0 Å². The molecule has 0 aromatic carbocycles. The maximum absolute atomic E-state index is 10.7. The second kappa shape index (κ2) is 3.77. The highest BCUT2D eigenvalue weighted by Gasteiger charge is 2.32. The summed E-state index contributed by atoms with van der Waals surface area (Å²) < 4.78 is 0. The molecule has 0 saturated heterocycles. The Morgan fingerprint density at radius 1 is 1.50 bits per heavy atom. The molecule has 80 valence electrons. The van der Waals surface area contributed by atoms with Crippen molar-refractivity contribution in [1.29, 1.82) is 0 Å². The van der Waals surface area contributed by atoms with Gasteiger partial charge in [0.25, 0.3) is 0 Å². The van der Waals surface area contributed by atoms with Gasteiger partial charge in [0.1, 0.15) is 12.0 Å². The van der Waals surface area contributed by atoms with Crippen molar-refractivity contribution in [1.82, 2.24) is 15.1 Å². The number of carbonyl (C=O) groups is 1. The lowest BCUT2D eigenvalue weighted by Crippen LogP contribution is -2.39. The lowest BCUT2D eigenvalue weighted by atomic mass is 10.3. The summed E-state index contributed by atoms with van der Waals surface area (Å²) in [6, 6.07) is 0. The van der Waals surface area contributed by atoms with Crippen molar-refractivity contribution in [3.63, 3.8) is 0 Å². The number of rotatable bonds is 3. The zero-order valence-electron chi connectivity index (χ0n) is 9.03. The Bertz CT molecular complexity index is 275. The summed E-state index contributed by atoms with van der Waals surface area (Å²) in [5.41, 5.74) is 1.07. The zero-order valence-corrected chi connectivity index (χ0v) is 9.03. The predicted octanol–water partition coefficient (Wildman–Crippen LogP) is 0.0728. The molecule has 0 fully saturated rings. The summed E-state index contributed by atoms with van der Waals surface area (Å²) in [4.78, 5) is 14.6. The monoisotopic (exact) mass is 199 g/mol. The molecule has 0 aromatic rings. The molecule has 0 bridgehead atoms. The van der Waals surface area contributed by atoms with Gasteiger partial charge in [-0.3, -0.25) is 4.79 Å². The fourth-order valence-corrected chi connectivity index (χ4v) is 1.84. The van der Waals surface area contributed by atoms with E-state index in [4.69, 9.17) is 5.11 Å². The maximum atomic E-state index is 10.7. The summed E-state index contributed by atoms with van der Waals surface area (Å²) in [6.45, 7) is 1.98. The van der Waals surface area contributed by atoms with Crippen molar-refractivity contribution in [3.8, 4) is 0 Å². The van der Waals surface area contributed by atoms with Gasteiger partial charge in [-0.25, -0.2) is 0 Å². The highest BCUT2D eigenvalue weighted by atomic mass is 16.4. The molecule has 0 radical (unpaired) electrons. The first-order valence-corrected chi connectivity index (χ1v) is 4.55. The van der Waals surface area contributed by atoms with E-state index in [0.29, 0.717) is 0 Å². The Kier molecular flexibility index (Phi) is 2.88. The number of carboxylic acid groups (broad SMARTS) is 1. The SMILES string of the molecule is CNC1=C(C)N(C)C(CC(=O)O)N1C. The van der Waals surface area contributed by atoms with Gasteiger partial charge < -0.3 is 20.2 Å². The molecule has 5 heteroatoms. The standard InChI is InChI=1S/C9H17N3O2/c1-6-9(10-2)12(4)7(11(6)3)5-8(13)14/h7,10H,5H2,1-4H3,(H,13,14). The average molecular weight is 199 g/mol. The number of nitrogens with one attached hydrogen (secondary N) is 1. The number of carboxylic acids is 1. The maximum Gasteiger partial charge on any atom is 0.307 e. The highest BCUT2D eigenvalue weighted by molar-refractivity contribution is 5.67. The van der Waals surface area contributed by atoms with E-state index in [9.17, 15) is 4.79 Å². The third kappa shape index (κ3) is 1.62. The first-order chi connectivity index (χ1) is 6.49. The molecule has 0 amide bonds. The van der Waals surface area contributed by atoms with Crippen molar-refractivity contribution in [3.05, 3.63) is 11.5 Å². The van der Waals surface area contributed by atoms with Crippen LogP contribution in [0.2, 0.25) is 0 Å². The first kappa shape index (κ1) is 10.7. The molecule has 1 aliphatic heterocycles. The van der Waals surface area contributed by atoms with Crippen LogP contribution in [-0.4, -0.2) is 48.2 Å². The lowest BCUT2D eigenvalue weighted by molar-refractivity contribution is -0.139. The minimum Gasteiger partial charge on any atom is -0.481 e. The van der Waals surface area contributed by atoms with Crippen LogP contribution in [0.25, 0.3) is 0 Å². The molecule has 1 unspecified atom stereocenters. The Balaban J connectivity index is 2.82. The molecule has 5 nitrogen and oxygen atoms in total. The van der Waals surface area contributed by atoms with Gasteiger partial charge >= 0.3 is 5.97 Å². The summed E-state index contributed by atoms with van der Waals surface area (Å²) >= 11 is 0. The Labute approximate surface area is 84.0 Å². The molecule has 0 spiro atoms. The molecule has 0 saturated carbocycles. The smallest absolute Gasteiger partial charge is 0.307 e. The summed E-state index contributed by atoms with van der Waals surface area (Å²) in [5, 5.41) is 11.8. The molecule has 1 heterocycles. The molecule has 1 aliphatic rings. The van der Waals surface area contributed by atoms with Crippen LogP contribution in [0.4, 0.5) is 0 Å². The van der Waals surface area contributed by atoms with Gasteiger partial charge in [0.2, 0.25) is 0 Å². The minimum absolute atomic E-state index is 0.0880. The van der Waals surface area contributed by atoms with Crippen molar-refractivity contribution in [2.45, 2.75) is 19.5 Å². The number of aliphatic carboxylic acids is 1. The van der Waals surface area contributed by atoms with Crippen LogP contribution in [0.15, 0.2) is 11.5 Å². The van der Waals surface area contributed by atoms with Crippen LogP contribution < -0.4 is 5.32 Å². The molecule has 2 N–H and O–H groups in total. The normalized spacial score (nSPS) is 21.9. The Morgan fingerprint density at radius 3 is 2.43 bits per heavy atom. The molecule has 1 atom stereocenters. The minimum atomic E-state index is -0.779. The average Bonchev–Trinajstić information content (AvgIpc) is 2.30. The van der Waals surface area contributed by atoms with Crippen LogP contribution in [0.3, 0.4) is 0 Å². The third-order valence-corrected chi connectivity index (χ3v) is 2.71. The summed E-state index contributed by atoms with van der Waals surface area (Å²) in [5.74, 6) is 0.206. The van der Waals surface area contributed by atoms with E-state index in [1.807, 2.05) is 37.9 Å². The molecular weight excluding hydrogens is 182 g/mol. The number of allylic oxidation sites excluding steroid dienone is 1. The second-order valence-corrected chi connectivity index (χ2v) is 3.48. The van der Waals surface area contributed by atoms with E-state index >= 15 is 0 Å². The molecule has 14 heavy (non-hydrogen) atoms. The third-order valence-electron chi connectivity index (χ3n) is 2.71. The topological polar surface area (TPSA) is 55.8 Å². The van der Waals surface area contributed by atoms with Crippen molar-refractivity contribution >= 4 is 5.97 Å². The van der Waals surface area contributed by atoms with Crippen molar-refractivity contribution in [2.24, 2.45) is 0 Å². The van der Waals surface area contributed by atoms with Gasteiger partial charge in [0.05, 0.1) is 12.1 Å². The van der Waals surface area contributed by atoms with Gasteiger partial charge in [-0.05, 0) is 6.92 Å². The first-order valence-electron chi connectivity index (χ1n) is 4.55.